The number of hydrogen-bond acceptors (Lipinski definition) is 5. The third-order valence-corrected chi connectivity index (χ3v) is 3.96. The summed E-state index contributed by atoms with van der Waals surface area (Å²) in [6.07, 6.45) is 2.18. The molecule has 3 rings (SSSR count). The lowest BCUT2D eigenvalue weighted by Gasteiger charge is -2.26. The summed E-state index contributed by atoms with van der Waals surface area (Å²) >= 11 is 0. The smallest absolute Gasteiger partial charge is 0.230 e. The van der Waals surface area contributed by atoms with E-state index in [1.54, 1.807) is 0 Å². The summed E-state index contributed by atoms with van der Waals surface area (Å²) < 4.78 is 5.45. The lowest BCUT2D eigenvalue weighted by molar-refractivity contribution is 0.227. The average Bonchev–Trinajstić information content (AvgIpc) is 2.98. The molecule has 1 aliphatic rings. The van der Waals surface area contributed by atoms with Gasteiger partial charge < -0.3 is 15.2 Å². The molecule has 1 fully saturated rings. The minimum Gasteiger partial charge on any atom is -0.339 e. The Morgan fingerprint density at radius 2 is 1.90 bits per heavy atom. The van der Waals surface area contributed by atoms with Gasteiger partial charge in [0.1, 0.15) is 0 Å². The van der Waals surface area contributed by atoms with Crippen molar-refractivity contribution in [2.75, 3.05) is 20.1 Å². The number of likely N-dealkylation sites (tertiary alicyclic amines) is 1. The Morgan fingerprint density at radius 3 is 2.52 bits per heavy atom. The van der Waals surface area contributed by atoms with E-state index in [0.29, 0.717) is 18.3 Å². The van der Waals surface area contributed by atoms with E-state index in [-0.39, 0.29) is 12.4 Å². The van der Waals surface area contributed by atoms with Gasteiger partial charge in [-0.3, -0.25) is 0 Å². The zero-order chi connectivity index (χ0) is 13.9. The largest absolute Gasteiger partial charge is 0.339 e. The fourth-order valence-electron chi connectivity index (χ4n) is 2.56. The number of piperidine rings is 1. The Morgan fingerprint density at radius 1 is 1.24 bits per heavy atom. The van der Waals surface area contributed by atoms with E-state index in [1.165, 1.54) is 0 Å². The topological polar surface area (TPSA) is 68.2 Å². The van der Waals surface area contributed by atoms with Crippen LogP contribution in [0, 0.1) is 0 Å². The highest BCUT2D eigenvalue weighted by atomic mass is 35.5. The number of nitrogens with two attached hydrogens (primary N) is 1. The number of aromatic nitrogens is 2. The van der Waals surface area contributed by atoms with Crippen molar-refractivity contribution in [3.05, 3.63) is 35.7 Å². The Kier molecular flexibility index (Phi) is 5.33. The van der Waals surface area contributed by atoms with Crippen LogP contribution in [0.25, 0.3) is 11.4 Å². The standard InChI is InChI=1S/C15H20N4O.ClH/c1-19-8-6-13(7-9-19)15-17-14(18-20-15)12-4-2-11(10-16)3-5-12;/h2-5,13H,6-10,16H2,1H3;1H. The molecule has 0 bridgehead atoms. The molecule has 114 valence electrons. The molecular weight excluding hydrogens is 288 g/mol. The fourth-order valence-corrected chi connectivity index (χ4v) is 2.56. The molecule has 1 aromatic heterocycles. The van der Waals surface area contributed by atoms with Gasteiger partial charge in [-0.25, -0.2) is 0 Å². The lowest BCUT2D eigenvalue weighted by Crippen LogP contribution is -2.29. The van der Waals surface area contributed by atoms with Crippen LogP contribution in [-0.4, -0.2) is 35.2 Å². The highest BCUT2D eigenvalue weighted by molar-refractivity contribution is 5.85. The first-order chi connectivity index (χ1) is 9.76. The van der Waals surface area contributed by atoms with Crippen LogP contribution < -0.4 is 5.73 Å². The first-order valence-electron chi connectivity index (χ1n) is 7.08. The van der Waals surface area contributed by atoms with Gasteiger partial charge in [0.15, 0.2) is 0 Å². The van der Waals surface area contributed by atoms with E-state index < -0.39 is 0 Å². The Balaban J connectivity index is 0.00000161. The van der Waals surface area contributed by atoms with Gasteiger partial charge in [-0.15, -0.1) is 12.4 Å². The molecule has 0 atom stereocenters. The highest BCUT2D eigenvalue weighted by Gasteiger charge is 2.23. The van der Waals surface area contributed by atoms with Gasteiger partial charge in [-0.1, -0.05) is 29.4 Å². The lowest BCUT2D eigenvalue weighted by atomic mass is 9.97. The third-order valence-electron chi connectivity index (χ3n) is 3.96. The number of benzene rings is 1. The highest BCUT2D eigenvalue weighted by Crippen LogP contribution is 2.27. The molecule has 0 unspecified atom stereocenters. The van der Waals surface area contributed by atoms with Gasteiger partial charge >= 0.3 is 0 Å². The van der Waals surface area contributed by atoms with Crippen LogP contribution in [0.4, 0.5) is 0 Å². The molecule has 0 spiro atoms. The normalized spacial score (nSPS) is 16.7. The molecule has 1 aromatic carbocycles. The first kappa shape index (κ1) is 15.9. The maximum Gasteiger partial charge on any atom is 0.230 e. The van der Waals surface area contributed by atoms with Crippen LogP contribution >= 0.6 is 12.4 Å². The van der Waals surface area contributed by atoms with Crippen molar-refractivity contribution in [2.24, 2.45) is 5.73 Å². The molecule has 1 aliphatic heterocycles. The molecule has 0 amide bonds. The fraction of sp³-hybridized carbons (Fsp3) is 0.467. The molecule has 0 aliphatic carbocycles. The second-order valence-corrected chi connectivity index (χ2v) is 5.43. The van der Waals surface area contributed by atoms with Crippen LogP contribution in [0.15, 0.2) is 28.8 Å². The Bertz CT molecular complexity index is 561. The summed E-state index contributed by atoms with van der Waals surface area (Å²) in [4.78, 5) is 6.89. The molecular formula is C15H21ClN4O. The maximum absolute atomic E-state index is 5.60. The monoisotopic (exact) mass is 308 g/mol. The number of halogens is 1. The second-order valence-electron chi connectivity index (χ2n) is 5.43. The molecule has 0 radical (unpaired) electrons. The van der Waals surface area contributed by atoms with Gasteiger partial charge in [0, 0.05) is 18.0 Å². The summed E-state index contributed by atoms with van der Waals surface area (Å²) in [5.74, 6) is 1.84. The summed E-state index contributed by atoms with van der Waals surface area (Å²) in [5.41, 5.74) is 7.68. The summed E-state index contributed by atoms with van der Waals surface area (Å²) in [7, 11) is 2.15. The van der Waals surface area contributed by atoms with Crippen molar-refractivity contribution in [3.63, 3.8) is 0 Å². The van der Waals surface area contributed by atoms with Gasteiger partial charge in [-0.2, -0.15) is 4.98 Å². The molecule has 2 N–H and O–H groups in total. The van der Waals surface area contributed by atoms with Crippen molar-refractivity contribution in [1.29, 1.82) is 0 Å². The van der Waals surface area contributed by atoms with E-state index in [4.69, 9.17) is 10.3 Å². The zero-order valence-electron chi connectivity index (χ0n) is 12.2. The van der Waals surface area contributed by atoms with Crippen LogP contribution in [0.2, 0.25) is 0 Å². The van der Waals surface area contributed by atoms with E-state index in [1.807, 2.05) is 24.3 Å². The van der Waals surface area contributed by atoms with E-state index in [0.717, 1.165) is 42.9 Å². The van der Waals surface area contributed by atoms with Crippen molar-refractivity contribution in [1.82, 2.24) is 15.0 Å². The van der Waals surface area contributed by atoms with E-state index in [2.05, 4.69) is 22.1 Å². The van der Waals surface area contributed by atoms with Crippen molar-refractivity contribution in [3.8, 4) is 11.4 Å². The average molecular weight is 309 g/mol. The van der Waals surface area contributed by atoms with Crippen LogP contribution in [0.3, 0.4) is 0 Å². The summed E-state index contributed by atoms with van der Waals surface area (Å²) in [6.45, 7) is 2.73. The number of hydrogen-bond donors (Lipinski definition) is 1. The van der Waals surface area contributed by atoms with Gasteiger partial charge in [0.05, 0.1) is 0 Å². The summed E-state index contributed by atoms with van der Waals surface area (Å²) in [5, 5.41) is 4.11. The number of nitrogens with zero attached hydrogens (tertiary/aromatic N) is 3. The SMILES string of the molecule is CN1CCC(c2nc(-c3ccc(CN)cc3)no2)CC1.Cl. The molecule has 5 nitrogen and oxygen atoms in total. The van der Waals surface area contributed by atoms with Gasteiger partial charge in [-0.05, 0) is 38.5 Å². The van der Waals surface area contributed by atoms with Crippen molar-refractivity contribution >= 4 is 12.4 Å². The quantitative estimate of drug-likeness (QED) is 0.943. The number of rotatable bonds is 3. The maximum atomic E-state index is 5.60. The minimum absolute atomic E-state index is 0. The third kappa shape index (κ3) is 3.61. The van der Waals surface area contributed by atoms with Gasteiger partial charge in [0.25, 0.3) is 0 Å². The second kappa shape index (κ2) is 7.02. The zero-order valence-corrected chi connectivity index (χ0v) is 13.0. The first-order valence-corrected chi connectivity index (χ1v) is 7.08. The Hall–Kier alpha value is -1.43. The van der Waals surface area contributed by atoms with Crippen LogP contribution in [-0.2, 0) is 6.54 Å². The molecule has 2 heterocycles. The van der Waals surface area contributed by atoms with Crippen LogP contribution in [0.1, 0.15) is 30.2 Å². The predicted molar refractivity (Wildman–Crippen MR) is 84.3 cm³/mol. The minimum atomic E-state index is 0. The van der Waals surface area contributed by atoms with Gasteiger partial charge in [0.2, 0.25) is 11.7 Å². The predicted octanol–water partition coefficient (Wildman–Crippen LogP) is 2.43. The van der Waals surface area contributed by atoms with Crippen molar-refractivity contribution < 1.29 is 4.52 Å². The molecule has 0 saturated carbocycles. The summed E-state index contributed by atoms with van der Waals surface area (Å²) in [6, 6.07) is 7.98. The van der Waals surface area contributed by atoms with E-state index in [9.17, 15) is 0 Å². The van der Waals surface area contributed by atoms with E-state index >= 15 is 0 Å². The molecule has 1 saturated heterocycles. The Labute approximate surface area is 130 Å². The van der Waals surface area contributed by atoms with Crippen LogP contribution in [0.5, 0.6) is 0 Å². The molecule has 6 heteroatoms. The van der Waals surface area contributed by atoms with Crippen molar-refractivity contribution in [2.45, 2.75) is 25.3 Å². The molecule has 21 heavy (non-hydrogen) atoms. The molecule has 2 aromatic rings.